The van der Waals surface area contributed by atoms with Gasteiger partial charge in [0.05, 0.1) is 5.69 Å². The molecule has 5 nitrogen and oxygen atoms in total. The first-order chi connectivity index (χ1) is 12.1. The molecule has 0 aliphatic rings. The molecule has 25 heavy (non-hydrogen) atoms. The van der Waals surface area contributed by atoms with Gasteiger partial charge < -0.3 is 16.2 Å². The molecule has 0 saturated heterocycles. The predicted octanol–water partition coefficient (Wildman–Crippen LogP) is 3.32. The lowest BCUT2D eigenvalue weighted by atomic mass is 10.0. The molecule has 2 aromatic carbocycles. The third-order valence-corrected chi connectivity index (χ3v) is 3.93. The van der Waals surface area contributed by atoms with Crippen LogP contribution in [0.15, 0.2) is 60.7 Å². The number of hydrogen-bond donors (Lipinski definition) is 2. The van der Waals surface area contributed by atoms with E-state index in [9.17, 15) is 4.79 Å². The largest absolute Gasteiger partial charge is 0.488 e. The zero-order valence-corrected chi connectivity index (χ0v) is 13.9. The van der Waals surface area contributed by atoms with Crippen LogP contribution in [0.4, 0.5) is 5.82 Å². The van der Waals surface area contributed by atoms with Crippen LogP contribution in [0.2, 0.25) is 0 Å². The molecule has 0 bridgehead atoms. The van der Waals surface area contributed by atoms with Crippen molar-refractivity contribution in [2.75, 3.05) is 5.73 Å². The highest BCUT2D eigenvalue weighted by Crippen LogP contribution is 2.34. The van der Waals surface area contributed by atoms with E-state index in [-0.39, 0.29) is 11.4 Å². The van der Waals surface area contributed by atoms with Crippen molar-refractivity contribution in [2.24, 2.45) is 5.73 Å². The molecule has 0 radical (unpaired) electrons. The third-order valence-electron chi connectivity index (χ3n) is 3.93. The first kappa shape index (κ1) is 16.5. The lowest BCUT2D eigenvalue weighted by Crippen LogP contribution is -2.18. The molecule has 0 atom stereocenters. The van der Waals surface area contributed by atoms with Gasteiger partial charge in [-0.25, -0.2) is 4.98 Å². The Morgan fingerprint density at radius 3 is 2.24 bits per heavy atom. The molecule has 0 spiro atoms. The molecule has 3 aromatic rings. The van der Waals surface area contributed by atoms with Crippen LogP contribution >= 0.6 is 0 Å². The number of ether oxygens (including phenoxy) is 1. The van der Waals surface area contributed by atoms with Crippen molar-refractivity contribution in [3.05, 3.63) is 77.4 Å². The Labute approximate surface area is 146 Å². The van der Waals surface area contributed by atoms with Crippen molar-refractivity contribution < 1.29 is 9.53 Å². The standard InChI is InChI=1S/C20H19N3O2/c1-13-17(15-10-6-3-7-11-15)23-19(21)16(20(22)24)18(13)25-12-14-8-4-2-5-9-14/h2-11H,12H2,1H3,(H2,21,23)(H2,22,24). The second kappa shape index (κ2) is 7.05. The lowest BCUT2D eigenvalue weighted by Gasteiger charge is -2.17. The van der Waals surface area contributed by atoms with E-state index in [1.165, 1.54) is 0 Å². The fraction of sp³-hybridized carbons (Fsp3) is 0.100. The van der Waals surface area contributed by atoms with Gasteiger partial charge >= 0.3 is 0 Å². The Morgan fingerprint density at radius 2 is 1.64 bits per heavy atom. The average molecular weight is 333 g/mol. The number of carbonyl (C=O) groups is 1. The van der Waals surface area contributed by atoms with Gasteiger partial charge in [-0.05, 0) is 12.5 Å². The van der Waals surface area contributed by atoms with E-state index in [0.29, 0.717) is 18.1 Å². The quantitative estimate of drug-likeness (QED) is 0.749. The van der Waals surface area contributed by atoms with E-state index in [1.54, 1.807) is 0 Å². The van der Waals surface area contributed by atoms with E-state index in [4.69, 9.17) is 16.2 Å². The molecule has 126 valence electrons. The van der Waals surface area contributed by atoms with Crippen molar-refractivity contribution in [1.29, 1.82) is 0 Å². The molecule has 0 unspecified atom stereocenters. The number of anilines is 1. The molecule has 5 heteroatoms. The Morgan fingerprint density at radius 1 is 1.04 bits per heavy atom. The minimum Gasteiger partial charge on any atom is -0.488 e. The van der Waals surface area contributed by atoms with Crippen molar-refractivity contribution in [3.8, 4) is 17.0 Å². The summed E-state index contributed by atoms with van der Waals surface area (Å²) in [4.78, 5) is 16.3. The second-order valence-electron chi connectivity index (χ2n) is 5.68. The lowest BCUT2D eigenvalue weighted by molar-refractivity contribution is 0.0996. The highest BCUT2D eigenvalue weighted by atomic mass is 16.5. The summed E-state index contributed by atoms with van der Waals surface area (Å²) >= 11 is 0. The number of pyridine rings is 1. The zero-order valence-electron chi connectivity index (χ0n) is 13.9. The number of benzene rings is 2. The van der Waals surface area contributed by atoms with Gasteiger partial charge in [-0.15, -0.1) is 0 Å². The van der Waals surface area contributed by atoms with Gasteiger partial charge in [-0.1, -0.05) is 60.7 Å². The zero-order chi connectivity index (χ0) is 17.8. The van der Waals surface area contributed by atoms with E-state index in [1.807, 2.05) is 67.6 Å². The van der Waals surface area contributed by atoms with Crippen LogP contribution in [0.25, 0.3) is 11.3 Å². The molecule has 0 aliphatic carbocycles. The molecule has 0 saturated carbocycles. The summed E-state index contributed by atoms with van der Waals surface area (Å²) in [6, 6.07) is 19.3. The first-order valence-electron chi connectivity index (χ1n) is 7.90. The van der Waals surface area contributed by atoms with E-state index >= 15 is 0 Å². The van der Waals surface area contributed by atoms with E-state index < -0.39 is 5.91 Å². The summed E-state index contributed by atoms with van der Waals surface area (Å²) in [7, 11) is 0. The molecule has 3 rings (SSSR count). The topological polar surface area (TPSA) is 91.2 Å². The molecule has 0 fully saturated rings. The molecule has 1 amide bonds. The molecular weight excluding hydrogens is 314 g/mol. The summed E-state index contributed by atoms with van der Waals surface area (Å²) in [6.45, 7) is 2.15. The highest BCUT2D eigenvalue weighted by Gasteiger charge is 2.21. The highest BCUT2D eigenvalue weighted by molar-refractivity contribution is 6.01. The summed E-state index contributed by atoms with van der Waals surface area (Å²) < 4.78 is 5.94. The van der Waals surface area contributed by atoms with Crippen LogP contribution < -0.4 is 16.2 Å². The van der Waals surface area contributed by atoms with Gasteiger partial charge in [-0.2, -0.15) is 0 Å². The van der Waals surface area contributed by atoms with Gasteiger partial charge in [0.2, 0.25) is 0 Å². The maximum atomic E-state index is 11.9. The fourth-order valence-electron chi connectivity index (χ4n) is 2.70. The normalized spacial score (nSPS) is 10.4. The number of nitrogens with zero attached hydrogens (tertiary/aromatic N) is 1. The van der Waals surface area contributed by atoms with Crippen LogP contribution in [-0.4, -0.2) is 10.9 Å². The van der Waals surface area contributed by atoms with Crippen molar-refractivity contribution in [3.63, 3.8) is 0 Å². The monoisotopic (exact) mass is 333 g/mol. The van der Waals surface area contributed by atoms with E-state index in [0.717, 1.165) is 16.7 Å². The Hall–Kier alpha value is -3.34. The first-order valence-corrected chi connectivity index (χ1v) is 7.90. The van der Waals surface area contributed by atoms with Gasteiger partial charge in [0.25, 0.3) is 5.91 Å². The maximum Gasteiger partial charge on any atom is 0.256 e. The molecule has 1 heterocycles. The number of rotatable bonds is 5. The van der Waals surface area contributed by atoms with Crippen LogP contribution in [0.3, 0.4) is 0 Å². The SMILES string of the molecule is Cc1c(-c2ccccc2)nc(N)c(C(N)=O)c1OCc1ccccc1. The second-order valence-corrected chi connectivity index (χ2v) is 5.68. The summed E-state index contributed by atoms with van der Waals surface area (Å²) in [6.07, 6.45) is 0. The maximum absolute atomic E-state index is 11.9. The number of hydrogen-bond acceptors (Lipinski definition) is 4. The van der Waals surface area contributed by atoms with E-state index in [2.05, 4.69) is 4.98 Å². The van der Waals surface area contributed by atoms with Gasteiger partial charge in [0.1, 0.15) is 23.7 Å². The third kappa shape index (κ3) is 3.45. The Balaban J connectivity index is 2.07. The van der Waals surface area contributed by atoms with Crippen molar-refractivity contribution in [1.82, 2.24) is 4.98 Å². The smallest absolute Gasteiger partial charge is 0.256 e. The Kier molecular flexibility index (Phi) is 4.66. The summed E-state index contributed by atoms with van der Waals surface area (Å²) in [5.74, 6) is -0.210. The average Bonchev–Trinajstić information content (AvgIpc) is 2.63. The number of primary amides is 1. The van der Waals surface area contributed by atoms with Crippen LogP contribution in [0.1, 0.15) is 21.5 Å². The van der Waals surface area contributed by atoms with Crippen molar-refractivity contribution >= 4 is 11.7 Å². The van der Waals surface area contributed by atoms with Crippen LogP contribution in [-0.2, 0) is 6.61 Å². The minimum atomic E-state index is -0.657. The fourth-order valence-corrected chi connectivity index (χ4v) is 2.70. The van der Waals surface area contributed by atoms with Gasteiger partial charge in [0.15, 0.2) is 0 Å². The van der Waals surface area contributed by atoms with Gasteiger partial charge in [0, 0.05) is 11.1 Å². The summed E-state index contributed by atoms with van der Waals surface area (Å²) in [5, 5.41) is 0. The van der Waals surface area contributed by atoms with Crippen molar-refractivity contribution in [2.45, 2.75) is 13.5 Å². The Bertz CT molecular complexity index is 894. The molecule has 1 aromatic heterocycles. The predicted molar refractivity (Wildman–Crippen MR) is 98.1 cm³/mol. The number of nitrogen functional groups attached to an aromatic ring is 1. The van der Waals surface area contributed by atoms with Crippen LogP contribution in [0.5, 0.6) is 5.75 Å². The molecular formula is C20H19N3O2. The number of amides is 1. The van der Waals surface area contributed by atoms with Gasteiger partial charge in [-0.3, -0.25) is 4.79 Å². The molecule has 0 aliphatic heterocycles. The molecule has 4 N–H and O–H groups in total. The number of aromatic nitrogens is 1. The minimum absolute atomic E-state index is 0.0695. The summed E-state index contributed by atoms with van der Waals surface area (Å²) in [5.41, 5.74) is 14.9. The number of nitrogens with two attached hydrogens (primary N) is 2. The van der Waals surface area contributed by atoms with Crippen LogP contribution in [0, 0.1) is 6.92 Å². The number of carbonyl (C=O) groups excluding carboxylic acids is 1.